The van der Waals surface area contributed by atoms with Crippen LogP contribution in [0, 0.1) is 6.92 Å². The molecule has 0 radical (unpaired) electrons. The summed E-state index contributed by atoms with van der Waals surface area (Å²) in [6.07, 6.45) is 2.49. The van der Waals surface area contributed by atoms with Gasteiger partial charge in [0.1, 0.15) is 15.8 Å². The number of hydrogen-bond donors (Lipinski definition) is 3. The molecule has 38 heteroatoms. The van der Waals surface area contributed by atoms with Crippen molar-refractivity contribution < 1.29 is 248 Å². The van der Waals surface area contributed by atoms with Crippen LogP contribution in [-0.4, -0.2) is 73.1 Å². The minimum atomic E-state index is -5.16. The maximum atomic E-state index is 12.9. The van der Waals surface area contributed by atoms with E-state index < -0.39 is 53.6 Å². The number of nitrogens with zero attached hydrogens (tertiary/aromatic N) is 6. The summed E-state index contributed by atoms with van der Waals surface area (Å²) in [7, 11) is -14.4. The molecule has 27 nitrogen and oxygen atoms in total. The number of aryl methyl sites for hydroxylation is 1. The van der Waals surface area contributed by atoms with E-state index in [1.54, 1.807) is 6.92 Å². The second-order valence-corrected chi connectivity index (χ2v) is 17.5. The molecule has 5 rings (SSSR count). The Hall–Kier alpha value is -0.270. The zero-order valence-electron chi connectivity index (χ0n) is 36.0. The largest absolute Gasteiger partial charge is 1.00 e. The number of pyridine rings is 1. The van der Waals surface area contributed by atoms with Gasteiger partial charge in [-0.2, -0.15) is 13.8 Å². The molecule has 0 unspecified atom stereocenters. The average molecular weight is 1110 g/mol. The normalized spacial score (nSPS) is 10.9. The molecule has 340 valence electrons. The third kappa shape index (κ3) is 21.7. The number of sulfone groups is 1. The summed E-state index contributed by atoms with van der Waals surface area (Å²) in [6, 6.07) is 11.4. The van der Waals surface area contributed by atoms with E-state index in [0.717, 1.165) is 36.4 Å². The Balaban J connectivity index is -0.00000604. The maximum Gasteiger partial charge on any atom is 1.00 e. The molecular weight excluding hydrogens is 1090 g/mol. The van der Waals surface area contributed by atoms with Crippen LogP contribution in [-0.2, 0) is 53.3 Å². The predicted octanol–water partition coefficient (Wildman–Crippen LogP) is -18.9. The van der Waals surface area contributed by atoms with Gasteiger partial charge >= 0.3 is 166 Å². The molecule has 0 atom stereocenters. The summed E-state index contributed by atoms with van der Waals surface area (Å²) in [4.78, 5) is 23.3. The number of nitrogen functional groups attached to an aromatic ring is 1. The van der Waals surface area contributed by atoms with Crippen LogP contribution in [0.25, 0.3) is 5.95 Å². The smallest absolute Gasteiger partial charge is 1.00 e. The van der Waals surface area contributed by atoms with Gasteiger partial charge in [0.05, 0.1) is 91.5 Å². The quantitative estimate of drug-likeness (QED) is 0.00750. The Morgan fingerprint density at radius 2 is 1.29 bits per heavy atom. The number of nitrogens with two attached hydrogens (primary N) is 1. The summed E-state index contributed by atoms with van der Waals surface area (Å²) in [5, 5.41) is 53.3. The van der Waals surface area contributed by atoms with Gasteiger partial charge in [0.25, 0.3) is 0 Å². The summed E-state index contributed by atoms with van der Waals surface area (Å²) in [6.45, 7) is 0.610. The fourth-order valence-corrected chi connectivity index (χ4v) is 7.50. The number of rotatable bonds is 20. The fraction of sp³-hybridized carbons (Fsp3) is 0.100. The summed E-state index contributed by atoms with van der Waals surface area (Å²) >= 11 is 0.702. The predicted molar refractivity (Wildman–Crippen MR) is 200 cm³/mol. The summed E-state index contributed by atoms with van der Waals surface area (Å²) < 4.78 is 108. The summed E-state index contributed by atoms with van der Waals surface area (Å²) in [5.41, 5.74) is 6.02. The van der Waals surface area contributed by atoms with Crippen molar-refractivity contribution in [1.29, 1.82) is 0 Å². The van der Waals surface area contributed by atoms with E-state index in [2.05, 4.69) is 58.7 Å². The number of anilines is 5. The first-order valence-corrected chi connectivity index (χ1v) is 21.8. The third-order valence-corrected chi connectivity index (χ3v) is 11.7. The van der Waals surface area contributed by atoms with Crippen LogP contribution < -0.4 is 197 Å². The van der Waals surface area contributed by atoms with Crippen molar-refractivity contribution in [1.82, 2.24) is 15.0 Å². The van der Waals surface area contributed by atoms with Gasteiger partial charge in [0.15, 0.2) is 9.84 Å². The number of carboxylic acid groups (broad SMARTS) is 1. The Kier molecular flexibility index (Phi) is 34.7. The van der Waals surface area contributed by atoms with Gasteiger partial charge in [0.2, 0.25) is 10.4 Å². The fourth-order valence-electron chi connectivity index (χ4n) is 4.67. The van der Waals surface area contributed by atoms with E-state index in [9.17, 15) is 54.8 Å². The minimum absolute atomic E-state index is 0. The molecule has 0 spiro atoms. The van der Waals surface area contributed by atoms with Crippen molar-refractivity contribution in [2.75, 3.05) is 28.7 Å². The molecule has 6 N–H and O–H groups in total. The number of aromatic nitrogens is 4. The van der Waals surface area contributed by atoms with Crippen molar-refractivity contribution >= 4 is 101 Å². The minimum Gasteiger partial charge on any atom is -1.00 e. The van der Waals surface area contributed by atoms with Gasteiger partial charge in [-0.15, -0.1) is 10.1 Å². The number of azo groups is 1. The number of carboxylic acids is 1. The number of halogens is 1. The molecular formula is C30H25ClN9Na5O18S5. The topological polar surface area (TPSA) is 430 Å². The zero-order chi connectivity index (χ0) is 44.5. The van der Waals surface area contributed by atoms with E-state index in [4.69, 9.17) is 5.73 Å². The van der Waals surface area contributed by atoms with Gasteiger partial charge in [-0.05, 0) is 77.1 Å². The molecule has 0 aliphatic rings. The number of carbonyl (C=O) groups excluding carboxylic acids is 1. The number of carbonyl (C=O) groups is 1. The van der Waals surface area contributed by atoms with Crippen molar-refractivity contribution in [3.05, 3.63) is 84.2 Å². The molecule has 0 saturated carbocycles. The molecule has 2 heterocycles. The van der Waals surface area contributed by atoms with Gasteiger partial charge < -0.3 is 63.8 Å². The standard InChI is InChI=1S/C30H27N9O17S5.ClH.5Na.H2O/c1-16-2-3-18(59(44,45)11-10-52-61(49,50)51)12-21(16)37-38-23-15-26(58-56-54-43)20(31)14-22(23)32-28-34-29(36-30(35-28)39-8-6-17(7-9-39)27(40)41)33-24-13-19(60(46,47)48)4-5-25(24)57-55-53-42;;;;;;;/h2-9,12-15H,10-11H2,1H3,(H8-,31,32,33,34,35,36,37,40,41,42,43,46,47,48,49,50,51);1H;;;;;;1H2/q;;5*+1;/p-5. The number of nitrogens with one attached hydrogen (secondary N) is 2. The first-order chi connectivity index (χ1) is 28.8. The van der Waals surface area contributed by atoms with Crippen LogP contribution in [0.4, 0.5) is 40.3 Å². The molecule has 0 bridgehead atoms. The number of aromatic carboxylic acids is 1. The van der Waals surface area contributed by atoms with Gasteiger partial charge in [-0.1, -0.05) is 6.07 Å². The van der Waals surface area contributed by atoms with Crippen LogP contribution in [0.5, 0.6) is 0 Å². The average Bonchev–Trinajstić information content (AvgIpc) is 3.19. The van der Waals surface area contributed by atoms with Crippen molar-refractivity contribution in [3.8, 4) is 5.95 Å². The van der Waals surface area contributed by atoms with E-state index in [1.165, 1.54) is 41.2 Å². The molecule has 2 aromatic heterocycles. The molecule has 3 aromatic carbocycles. The van der Waals surface area contributed by atoms with Crippen LogP contribution >= 0.6 is 24.1 Å². The first-order valence-electron chi connectivity index (χ1n) is 15.9. The molecule has 0 saturated heterocycles. The Labute approximate surface area is 511 Å². The van der Waals surface area contributed by atoms with E-state index in [0.29, 0.717) is 29.6 Å². The van der Waals surface area contributed by atoms with Gasteiger partial charge in [-0.3, -0.25) is 14.3 Å². The van der Waals surface area contributed by atoms with Gasteiger partial charge in [0, 0.05) is 11.3 Å². The molecule has 0 aliphatic heterocycles. The molecule has 0 fully saturated rings. The molecule has 0 aliphatic carbocycles. The third-order valence-electron chi connectivity index (χ3n) is 7.47. The molecule has 5 aromatic rings. The van der Waals surface area contributed by atoms with Crippen molar-refractivity contribution in [3.63, 3.8) is 0 Å². The Bertz CT molecular complexity index is 2840. The van der Waals surface area contributed by atoms with E-state index in [1.807, 2.05) is 0 Å². The molecule has 0 amide bonds. The first kappa shape index (κ1) is 72.0. The zero-order valence-corrected chi connectivity index (χ0v) is 50.8. The van der Waals surface area contributed by atoms with Crippen molar-refractivity contribution in [2.24, 2.45) is 10.2 Å². The number of benzene rings is 3. The maximum absolute atomic E-state index is 12.9. The van der Waals surface area contributed by atoms with Crippen molar-refractivity contribution in [2.45, 2.75) is 26.5 Å². The second-order valence-electron chi connectivity index (χ2n) is 11.5. The Morgan fingerprint density at radius 1 is 0.750 bits per heavy atom. The van der Waals surface area contributed by atoms with E-state index in [-0.39, 0.29) is 232 Å². The summed E-state index contributed by atoms with van der Waals surface area (Å²) in [5.74, 6) is -3.28. The SMILES string of the molecule is Cc1ccc(S(=O)(=O)CCOS(=O)(=O)[O-])cc1N=Nc1cc(SOO[O-])c(N)cc1Nc1nc(Nc2cc(S(=O)(=O)[O-])ccc2SOO[O-])nc(-[n+]2ccc(C(=O)[O-])cc2)n1.O.[Cl-].[Na+].[Na+].[Na+].[Na+].[Na+]. The van der Waals surface area contributed by atoms with Crippen LogP contribution in [0.15, 0.2) is 103 Å². The van der Waals surface area contributed by atoms with E-state index >= 15 is 0 Å². The van der Waals surface area contributed by atoms with Crippen LogP contribution in [0.2, 0.25) is 0 Å². The Morgan fingerprint density at radius 3 is 1.84 bits per heavy atom. The second kappa shape index (κ2) is 32.8. The van der Waals surface area contributed by atoms with Crippen LogP contribution in [0.3, 0.4) is 0 Å². The molecule has 68 heavy (non-hydrogen) atoms. The number of hydrogen-bond acceptors (Lipinski definition) is 27. The van der Waals surface area contributed by atoms with Crippen LogP contribution in [0.1, 0.15) is 15.9 Å². The monoisotopic (exact) mass is 1110 g/mol. The van der Waals surface area contributed by atoms with Gasteiger partial charge in [-0.25, -0.2) is 29.8 Å².